The van der Waals surface area contributed by atoms with Crippen LogP contribution >= 0.6 is 0 Å². The monoisotopic (exact) mass is 436 g/mol. The Bertz CT molecular complexity index is 25.1. The fourth-order valence-corrected chi connectivity index (χ4v) is 0. The molecule has 0 amide bonds. The third-order valence-electron chi connectivity index (χ3n) is 0. The summed E-state index contributed by atoms with van der Waals surface area (Å²) >= 11 is 0. The summed E-state index contributed by atoms with van der Waals surface area (Å²) in [7, 11) is 8.00. The largest absolute Gasteiger partial charge is 0.400 e. The quantitative estimate of drug-likeness (QED) is 0.197. The van der Waals surface area contributed by atoms with Crippen LogP contribution in [-0.4, -0.2) is 97.7 Å². The Balaban J connectivity index is -0.00000000500. The van der Waals surface area contributed by atoms with Gasteiger partial charge in [-0.15, -0.1) is 0 Å². The third-order valence-corrected chi connectivity index (χ3v) is 0. The molecule has 0 aliphatic heterocycles. The number of aliphatic hydroxyl groups is 8. The topological polar surface area (TPSA) is 162 Å². The molecule has 0 atom stereocenters. The Morgan fingerprint density at radius 3 is 0.222 bits per heavy atom. The van der Waals surface area contributed by atoms with Gasteiger partial charge < -0.3 is 40.9 Å². The predicted molar refractivity (Wildman–Crippen MR) is 65.1 cm³/mol. The minimum atomic E-state index is 0. The Morgan fingerprint density at radius 2 is 0.222 bits per heavy atom. The van der Waals surface area contributed by atoms with Crippen molar-refractivity contribution in [2.75, 3.05) is 56.9 Å². The molecule has 0 saturated carbocycles. The van der Waals surface area contributed by atoms with E-state index in [1.807, 2.05) is 0 Å². The van der Waals surface area contributed by atoms with Crippen molar-refractivity contribution in [1.82, 2.24) is 0 Å². The molecule has 0 aromatic carbocycles. The second-order valence-corrected chi connectivity index (χ2v) is 0. The van der Waals surface area contributed by atoms with Gasteiger partial charge in [-0.3, -0.25) is 0 Å². The fraction of sp³-hybridized carbons (Fsp3) is 1.00. The molecule has 8 N–H and O–H groups in total. The van der Waals surface area contributed by atoms with E-state index in [1.54, 1.807) is 0 Å². The maximum atomic E-state index is 7.00. The third kappa shape index (κ3) is 2260. The van der Waals surface area contributed by atoms with Crippen LogP contribution in [-0.2, 0) is 52.4 Å². The van der Waals surface area contributed by atoms with Gasteiger partial charge in [-0.1, -0.05) is 0 Å². The van der Waals surface area contributed by atoms with Crippen molar-refractivity contribution >= 4 is 0 Å². The van der Waals surface area contributed by atoms with Crippen LogP contribution in [0.5, 0.6) is 0 Å². The second-order valence-electron chi connectivity index (χ2n) is 0. The number of rotatable bonds is 0. The molecule has 0 aromatic rings. The van der Waals surface area contributed by atoms with Gasteiger partial charge in [0.25, 0.3) is 0 Å². The molecular weight excluding hydrogens is 407 g/mol. The zero-order valence-electron chi connectivity index (χ0n) is 12.6. The first-order valence-corrected chi connectivity index (χ1v) is 3.58. The predicted octanol–water partition coefficient (Wildman–Crippen LogP) is -3.14. The van der Waals surface area contributed by atoms with Crippen molar-refractivity contribution in [3.05, 3.63) is 0 Å². The fourth-order valence-electron chi connectivity index (χ4n) is 0. The Hall–Kier alpha value is 1.45. The van der Waals surface area contributed by atoms with E-state index in [0.29, 0.717) is 0 Å². The Morgan fingerprint density at radius 1 is 0.222 bits per heavy atom. The number of hydrogen-bond donors (Lipinski definition) is 8. The summed E-state index contributed by atoms with van der Waals surface area (Å²) in [5.41, 5.74) is 0. The molecule has 18 heavy (non-hydrogen) atoms. The zero-order chi connectivity index (χ0) is 16.0. The molecule has 0 bridgehead atoms. The van der Waals surface area contributed by atoms with Crippen LogP contribution in [0.3, 0.4) is 0 Å². The summed E-state index contributed by atoms with van der Waals surface area (Å²) in [6.45, 7) is 0. The van der Waals surface area contributed by atoms with Crippen molar-refractivity contribution in [2.45, 2.75) is 0 Å². The second kappa shape index (κ2) is 2680. The molecule has 120 valence electrons. The van der Waals surface area contributed by atoms with E-state index in [1.165, 1.54) is 0 Å². The zero-order valence-corrected chi connectivity index (χ0v) is 17.5. The van der Waals surface area contributed by atoms with Crippen LogP contribution in [0.25, 0.3) is 0 Å². The molecule has 0 rings (SSSR count). The summed E-state index contributed by atoms with van der Waals surface area (Å²) in [6.07, 6.45) is 0. The molecule has 0 heterocycles. The first-order valence-electron chi connectivity index (χ1n) is 3.58. The van der Waals surface area contributed by atoms with Crippen LogP contribution in [0, 0.1) is 0 Å². The summed E-state index contributed by atoms with van der Waals surface area (Å²) in [4.78, 5) is 0. The molecule has 8 nitrogen and oxygen atoms in total. The van der Waals surface area contributed by atoms with Crippen LogP contribution in [0.2, 0.25) is 0 Å². The molecule has 0 radical (unpaired) electrons. The summed E-state index contributed by atoms with van der Waals surface area (Å²) in [6, 6.07) is 0. The maximum absolute atomic E-state index is 7.00. The molecule has 0 unspecified atom stereocenters. The standard InChI is InChI=1S/8CH4O.2Zr/c8*1-2;;/h8*2H,1H3;;. The van der Waals surface area contributed by atoms with Crippen molar-refractivity contribution in [1.29, 1.82) is 0 Å². The van der Waals surface area contributed by atoms with Crippen LogP contribution in [0.4, 0.5) is 0 Å². The Labute approximate surface area is 149 Å². The summed E-state index contributed by atoms with van der Waals surface area (Å²) in [5.74, 6) is 0. The van der Waals surface area contributed by atoms with Crippen LogP contribution in [0.15, 0.2) is 0 Å². The van der Waals surface area contributed by atoms with E-state index >= 15 is 0 Å². The van der Waals surface area contributed by atoms with E-state index in [0.717, 1.165) is 56.9 Å². The van der Waals surface area contributed by atoms with E-state index < -0.39 is 0 Å². The van der Waals surface area contributed by atoms with Gasteiger partial charge in [0.1, 0.15) is 0 Å². The minimum absolute atomic E-state index is 0. The van der Waals surface area contributed by atoms with E-state index in [9.17, 15) is 0 Å². The molecule has 0 spiro atoms. The molecule has 0 saturated heterocycles. The number of aliphatic hydroxyl groups excluding tert-OH is 8. The molecular formula is C8H32O8Zr2. The van der Waals surface area contributed by atoms with Gasteiger partial charge in [0.05, 0.1) is 0 Å². The first-order chi connectivity index (χ1) is 8.00. The van der Waals surface area contributed by atoms with E-state index in [2.05, 4.69) is 0 Å². The maximum Gasteiger partial charge on any atom is 0.0319 e. The van der Waals surface area contributed by atoms with Crippen molar-refractivity contribution < 1.29 is 93.3 Å². The van der Waals surface area contributed by atoms with Gasteiger partial charge in [-0.05, 0) is 0 Å². The van der Waals surface area contributed by atoms with Crippen molar-refractivity contribution in [2.24, 2.45) is 0 Å². The average molecular weight is 439 g/mol. The van der Waals surface area contributed by atoms with Crippen LogP contribution in [0.1, 0.15) is 0 Å². The summed E-state index contributed by atoms with van der Waals surface area (Å²) < 4.78 is 0. The van der Waals surface area contributed by atoms with E-state index in [4.69, 9.17) is 40.9 Å². The van der Waals surface area contributed by atoms with E-state index in [-0.39, 0.29) is 52.4 Å². The smallest absolute Gasteiger partial charge is 0.0319 e. The average Bonchev–Trinajstić information content (AvgIpc) is 2.54. The van der Waals surface area contributed by atoms with Crippen LogP contribution < -0.4 is 0 Å². The van der Waals surface area contributed by atoms with Gasteiger partial charge in [-0.2, -0.15) is 0 Å². The first kappa shape index (κ1) is 74.2. The normalized spacial score (nSPS) is 2.67. The molecule has 0 fully saturated rings. The summed E-state index contributed by atoms with van der Waals surface area (Å²) in [5, 5.41) is 56.0. The Kier molecular flexibility index (Phi) is 11100. The van der Waals surface area contributed by atoms with Gasteiger partial charge in [0.2, 0.25) is 0 Å². The number of hydrogen-bond acceptors (Lipinski definition) is 8. The molecule has 0 aliphatic carbocycles. The van der Waals surface area contributed by atoms with Gasteiger partial charge >= 0.3 is 0 Å². The molecule has 0 aromatic heterocycles. The van der Waals surface area contributed by atoms with Gasteiger partial charge in [0.15, 0.2) is 0 Å². The van der Waals surface area contributed by atoms with Crippen molar-refractivity contribution in [3.8, 4) is 0 Å². The molecule has 0 aliphatic rings. The van der Waals surface area contributed by atoms with Gasteiger partial charge in [0, 0.05) is 109 Å². The van der Waals surface area contributed by atoms with Crippen molar-refractivity contribution in [3.63, 3.8) is 0 Å². The SMILES string of the molecule is CO.CO.CO.CO.CO.CO.CO.CO.[Zr].[Zr]. The minimum Gasteiger partial charge on any atom is -0.400 e. The molecule has 10 heteroatoms. The van der Waals surface area contributed by atoms with Gasteiger partial charge in [-0.25, -0.2) is 0 Å².